The number of alkyl carbamates (subject to hydrolysis) is 1. The van der Waals surface area contributed by atoms with Crippen molar-refractivity contribution in [2.24, 2.45) is 11.8 Å². The van der Waals surface area contributed by atoms with Gasteiger partial charge in [-0.15, -0.1) is 0 Å². The highest BCUT2D eigenvalue weighted by atomic mass is 16.5. The third-order valence-corrected chi connectivity index (χ3v) is 5.81. The van der Waals surface area contributed by atoms with Gasteiger partial charge in [-0.2, -0.15) is 0 Å². The molecule has 0 aromatic heterocycles. The normalized spacial score (nSPS) is 26.0. The van der Waals surface area contributed by atoms with E-state index in [0.29, 0.717) is 0 Å². The van der Waals surface area contributed by atoms with Crippen LogP contribution in [0.4, 0.5) is 4.79 Å². The molecule has 1 fully saturated rings. The van der Waals surface area contributed by atoms with E-state index in [1.807, 2.05) is 66.7 Å². The zero-order valence-electron chi connectivity index (χ0n) is 16.2. The summed E-state index contributed by atoms with van der Waals surface area (Å²) in [5, 5.41) is 2.80. The highest BCUT2D eigenvalue weighted by Crippen LogP contribution is 2.47. The fourth-order valence-electron chi connectivity index (χ4n) is 4.42. The van der Waals surface area contributed by atoms with Crippen LogP contribution in [0.5, 0.6) is 0 Å². The first-order valence-electron chi connectivity index (χ1n) is 9.51. The Hall–Kier alpha value is -3.41. The first kappa shape index (κ1) is 18.9. The number of carbonyl (C=O) groups is 3. The Bertz CT molecular complexity index is 971. The summed E-state index contributed by atoms with van der Waals surface area (Å²) in [6, 6.07) is 18.6. The van der Waals surface area contributed by atoms with Crippen molar-refractivity contribution in [3.8, 4) is 0 Å². The summed E-state index contributed by atoms with van der Waals surface area (Å²) in [5.41, 5.74) is 2.66. The third-order valence-electron chi connectivity index (χ3n) is 5.81. The van der Waals surface area contributed by atoms with E-state index in [1.165, 1.54) is 19.1 Å². The maximum absolute atomic E-state index is 13.1. The van der Waals surface area contributed by atoms with Gasteiger partial charge >= 0.3 is 6.09 Å². The number of ether oxygens (including phenoxy) is 1. The standard InChI is InChI=1S/C23H22N2O4/c1-25-21(26)18-16(14-9-5-3-6-10-14)13-17(15-11-7-4-8-12-15)20(19(18)22(25)27)24-23(28)29-2/h3-13,16,18-20H,1-2H3,(H,24,28)/t16-,18+,19+,20-/m1/s1. The number of methoxy groups -OCH3 is 1. The number of hydrogen-bond acceptors (Lipinski definition) is 4. The number of allylic oxidation sites excluding steroid dienone is 1. The second kappa shape index (κ2) is 7.54. The smallest absolute Gasteiger partial charge is 0.407 e. The summed E-state index contributed by atoms with van der Waals surface area (Å²) in [7, 11) is 2.78. The molecule has 2 aromatic rings. The third kappa shape index (κ3) is 3.20. The maximum atomic E-state index is 13.1. The lowest BCUT2D eigenvalue weighted by Crippen LogP contribution is -2.48. The summed E-state index contributed by atoms with van der Waals surface area (Å²) in [5.74, 6) is -2.06. The lowest BCUT2D eigenvalue weighted by Gasteiger charge is -2.36. The minimum atomic E-state index is -0.697. The van der Waals surface area contributed by atoms with Gasteiger partial charge in [0.15, 0.2) is 0 Å². The lowest BCUT2D eigenvalue weighted by molar-refractivity contribution is -0.138. The van der Waals surface area contributed by atoms with E-state index >= 15 is 0 Å². The molecule has 1 aliphatic carbocycles. The van der Waals surface area contributed by atoms with Crippen LogP contribution in [0.15, 0.2) is 66.7 Å². The molecule has 1 heterocycles. The van der Waals surface area contributed by atoms with Crippen LogP contribution in [0.25, 0.3) is 5.57 Å². The Balaban J connectivity index is 1.90. The van der Waals surface area contributed by atoms with Crippen molar-refractivity contribution in [3.05, 3.63) is 77.9 Å². The second-order valence-corrected chi connectivity index (χ2v) is 7.33. The molecule has 2 aliphatic rings. The number of nitrogens with zero attached hydrogens (tertiary/aromatic N) is 1. The number of likely N-dealkylation sites (tertiary alicyclic amines) is 1. The monoisotopic (exact) mass is 390 g/mol. The molecular formula is C23H22N2O4. The number of hydrogen-bond donors (Lipinski definition) is 1. The summed E-state index contributed by atoms with van der Waals surface area (Å²) in [4.78, 5) is 39.4. The van der Waals surface area contributed by atoms with Gasteiger partial charge in [-0.1, -0.05) is 66.7 Å². The Kier molecular flexibility index (Phi) is 4.92. The van der Waals surface area contributed by atoms with E-state index in [1.54, 1.807) is 0 Å². The molecule has 4 atom stereocenters. The number of benzene rings is 2. The van der Waals surface area contributed by atoms with Gasteiger partial charge in [0.25, 0.3) is 0 Å². The minimum Gasteiger partial charge on any atom is -0.453 e. The predicted molar refractivity (Wildman–Crippen MR) is 108 cm³/mol. The van der Waals surface area contributed by atoms with Crippen LogP contribution in [0, 0.1) is 11.8 Å². The fraction of sp³-hybridized carbons (Fsp3) is 0.261. The average Bonchev–Trinajstić information content (AvgIpc) is 2.99. The quantitative estimate of drug-likeness (QED) is 0.818. The first-order chi connectivity index (χ1) is 14.0. The van der Waals surface area contributed by atoms with Crippen LogP contribution in [-0.2, 0) is 14.3 Å². The number of rotatable bonds is 3. The lowest BCUT2D eigenvalue weighted by atomic mass is 9.68. The molecule has 0 radical (unpaired) electrons. The van der Waals surface area contributed by atoms with Crippen molar-refractivity contribution in [2.45, 2.75) is 12.0 Å². The number of amides is 3. The molecule has 29 heavy (non-hydrogen) atoms. The highest BCUT2D eigenvalue weighted by Gasteiger charge is 2.56. The van der Waals surface area contributed by atoms with Crippen LogP contribution in [0.3, 0.4) is 0 Å². The zero-order valence-corrected chi connectivity index (χ0v) is 16.2. The minimum absolute atomic E-state index is 0.228. The van der Waals surface area contributed by atoms with E-state index in [0.717, 1.165) is 16.7 Å². The van der Waals surface area contributed by atoms with Crippen LogP contribution in [0.1, 0.15) is 17.0 Å². The van der Waals surface area contributed by atoms with Crippen molar-refractivity contribution in [2.75, 3.05) is 14.2 Å². The first-order valence-corrected chi connectivity index (χ1v) is 9.51. The Morgan fingerprint density at radius 3 is 2.14 bits per heavy atom. The summed E-state index contributed by atoms with van der Waals surface area (Å²) >= 11 is 0. The van der Waals surface area contributed by atoms with E-state index in [2.05, 4.69) is 5.32 Å². The van der Waals surface area contributed by atoms with Gasteiger partial charge in [0.05, 0.1) is 25.0 Å². The van der Waals surface area contributed by atoms with Crippen molar-refractivity contribution in [1.29, 1.82) is 0 Å². The molecule has 148 valence electrons. The van der Waals surface area contributed by atoms with Crippen LogP contribution in [-0.4, -0.2) is 43.0 Å². The Labute approximate surface area is 169 Å². The maximum Gasteiger partial charge on any atom is 0.407 e. The van der Waals surface area contributed by atoms with Gasteiger partial charge in [-0.25, -0.2) is 4.79 Å². The topological polar surface area (TPSA) is 75.7 Å². The average molecular weight is 390 g/mol. The molecule has 0 saturated carbocycles. The molecule has 6 nitrogen and oxygen atoms in total. The molecule has 1 aliphatic heterocycles. The SMILES string of the molecule is COC(=O)N[C@@H]1C(c2ccccc2)=C[C@H](c2ccccc2)[C@@H]2C(=O)N(C)C(=O)[C@@H]21. The van der Waals surface area contributed by atoms with Crippen LogP contribution >= 0.6 is 0 Å². The number of nitrogens with one attached hydrogen (secondary N) is 1. The van der Waals surface area contributed by atoms with Crippen molar-refractivity contribution in [1.82, 2.24) is 10.2 Å². The van der Waals surface area contributed by atoms with Crippen molar-refractivity contribution < 1.29 is 19.1 Å². The summed E-state index contributed by atoms with van der Waals surface area (Å²) in [6.07, 6.45) is 1.38. The molecule has 0 unspecified atom stereocenters. The molecule has 2 aromatic carbocycles. The molecule has 1 N–H and O–H groups in total. The molecule has 1 saturated heterocycles. The fourth-order valence-corrected chi connectivity index (χ4v) is 4.42. The molecule has 3 amide bonds. The van der Waals surface area contributed by atoms with Gasteiger partial charge in [-0.3, -0.25) is 14.5 Å². The number of carbonyl (C=O) groups excluding carboxylic acids is 3. The van der Waals surface area contributed by atoms with Crippen LogP contribution in [0.2, 0.25) is 0 Å². The van der Waals surface area contributed by atoms with E-state index in [4.69, 9.17) is 4.74 Å². The molecule has 0 spiro atoms. The zero-order chi connectivity index (χ0) is 20.5. The van der Waals surface area contributed by atoms with Crippen molar-refractivity contribution in [3.63, 3.8) is 0 Å². The Morgan fingerprint density at radius 1 is 0.931 bits per heavy atom. The summed E-state index contributed by atoms with van der Waals surface area (Å²) in [6.45, 7) is 0. The van der Waals surface area contributed by atoms with Gasteiger partial charge < -0.3 is 10.1 Å². The number of fused-ring (bicyclic) bond motifs is 1. The largest absolute Gasteiger partial charge is 0.453 e. The van der Waals surface area contributed by atoms with E-state index < -0.39 is 24.0 Å². The van der Waals surface area contributed by atoms with Gasteiger partial charge in [0, 0.05) is 13.0 Å². The number of imide groups is 1. The van der Waals surface area contributed by atoms with Gasteiger partial charge in [-0.05, 0) is 16.7 Å². The van der Waals surface area contributed by atoms with E-state index in [-0.39, 0.29) is 17.7 Å². The van der Waals surface area contributed by atoms with Crippen molar-refractivity contribution >= 4 is 23.5 Å². The molecular weight excluding hydrogens is 368 g/mol. The second-order valence-electron chi connectivity index (χ2n) is 7.33. The molecule has 0 bridgehead atoms. The summed E-state index contributed by atoms with van der Waals surface area (Å²) < 4.78 is 4.80. The van der Waals surface area contributed by atoms with Gasteiger partial charge in [0.2, 0.25) is 11.8 Å². The Morgan fingerprint density at radius 2 is 1.52 bits per heavy atom. The van der Waals surface area contributed by atoms with Gasteiger partial charge in [0.1, 0.15) is 0 Å². The molecule has 6 heteroatoms. The van der Waals surface area contributed by atoms with E-state index in [9.17, 15) is 14.4 Å². The highest BCUT2D eigenvalue weighted by molar-refractivity contribution is 6.08. The molecule has 4 rings (SSSR count). The van der Waals surface area contributed by atoms with Crippen LogP contribution < -0.4 is 5.32 Å². The predicted octanol–water partition coefficient (Wildman–Crippen LogP) is 2.82.